The minimum atomic E-state index is -1.47. The van der Waals surface area contributed by atoms with Crippen LogP contribution in [0.5, 0.6) is 0 Å². The zero-order valence-electron chi connectivity index (χ0n) is 13.8. The molecule has 1 rings (SSSR count). The first-order chi connectivity index (χ1) is 10.7. The number of anilines is 1. The molecule has 0 spiro atoms. The largest absolute Gasteiger partial charge is 0.465 e. The molecule has 8 heteroatoms. The fourth-order valence-electron chi connectivity index (χ4n) is 2.20. The van der Waals surface area contributed by atoms with Gasteiger partial charge in [0.15, 0.2) is 6.10 Å². The number of hydrogen-bond acceptors (Lipinski definition) is 4. The molecule has 130 valence electrons. The summed E-state index contributed by atoms with van der Waals surface area (Å²) in [5.74, 6) is -0.334. The number of carbonyl (C=O) groups excluding carboxylic acids is 1. The standard InChI is InChI=1S/C15H26N4O4/c1-15(2,3)8-5-4-6-10(17-14(22)23)12(20)13(21)18-11-7-9-16-19-11/h7,9-10,12,17,20H,4-6,8H2,1-3H3,(H,22,23)(H2,16,18,19,21)/t10-,12?/m0/s1. The molecule has 0 aliphatic carbocycles. The van der Waals surface area contributed by atoms with E-state index < -0.39 is 24.1 Å². The van der Waals surface area contributed by atoms with Gasteiger partial charge in [-0.25, -0.2) is 4.79 Å². The quantitative estimate of drug-likeness (QED) is 0.467. The Kier molecular flexibility index (Phi) is 7.02. The minimum absolute atomic E-state index is 0.201. The molecule has 1 aromatic heterocycles. The Morgan fingerprint density at radius 1 is 1.35 bits per heavy atom. The summed E-state index contributed by atoms with van der Waals surface area (Å²) in [6.45, 7) is 6.39. The first-order valence-electron chi connectivity index (χ1n) is 7.67. The third kappa shape index (κ3) is 7.64. The second-order valence-electron chi connectivity index (χ2n) is 6.77. The first kappa shape index (κ1) is 19.0. The third-order valence-corrected chi connectivity index (χ3v) is 3.41. The summed E-state index contributed by atoms with van der Waals surface area (Å²) in [7, 11) is 0. The molecule has 0 bridgehead atoms. The average Bonchev–Trinajstić information content (AvgIpc) is 2.92. The van der Waals surface area contributed by atoms with Gasteiger partial charge in [-0.15, -0.1) is 0 Å². The maximum atomic E-state index is 12.0. The van der Waals surface area contributed by atoms with Gasteiger partial charge in [-0.1, -0.05) is 33.6 Å². The molecular weight excluding hydrogens is 300 g/mol. The van der Waals surface area contributed by atoms with Crippen LogP contribution in [0.1, 0.15) is 46.5 Å². The first-order valence-corrected chi connectivity index (χ1v) is 7.67. The molecule has 2 atom stereocenters. The number of hydrogen-bond donors (Lipinski definition) is 5. The van der Waals surface area contributed by atoms with E-state index >= 15 is 0 Å². The van der Waals surface area contributed by atoms with Crippen molar-refractivity contribution in [1.29, 1.82) is 0 Å². The molecule has 1 heterocycles. The SMILES string of the molecule is CC(C)(C)CCCC[C@H](NC(=O)O)C(O)C(=O)Nc1ccn[nH]1. The number of amides is 2. The summed E-state index contributed by atoms with van der Waals surface area (Å²) in [5.41, 5.74) is 0.201. The van der Waals surface area contributed by atoms with Gasteiger partial charge in [0.05, 0.1) is 12.2 Å². The molecule has 0 saturated carbocycles. The zero-order chi connectivity index (χ0) is 17.5. The number of aliphatic hydroxyl groups excluding tert-OH is 1. The Morgan fingerprint density at radius 2 is 2.04 bits per heavy atom. The lowest BCUT2D eigenvalue weighted by Gasteiger charge is -2.23. The summed E-state index contributed by atoms with van der Waals surface area (Å²) in [5, 5.41) is 29.9. The molecule has 0 aliphatic heterocycles. The van der Waals surface area contributed by atoms with E-state index in [1.54, 1.807) is 0 Å². The van der Waals surface area contributed by atoms with Gasteiger partial charge in [-0.2, -0.15) is 5.10 Å². The van der Waals surface area contributed by atoms with Gasteiger partial charge in [-0.3, -0.25) is 9.89 Å². The number of H-pyrrole nitrogens is 1. The highest BCUT2D eigenvalue weighted by Crippen LogP contribution is 2.22. The van der Waals surface area contributed by atoms with Crippen LogP contribution in [-0.2, 0) is 4.79 Å². The Labute approximate surface area is 135 Å². The van der Waals surface area contributed by atoms with Crippen molar-refractivity contribution < 1.29 is 19.8 Å². The minimum Gasteiger partial charge on any atom is -0.465 e. The number of nitrogens with one attached hydrogen (secondary N) is 3. The van der Waals surface area contributed by atoms with Crippen molar-refractivity contribution in [3.8, 4) is 0 Å². The van der Waals surface area contributed by atoms with Crippen molar-refractivity contribution in [2.24, 2.45) is 5.41 Å². The van der Waals surface area contributed by atoms with E-state index in [4.69, 9.17) is 5.11 Å². The van der Waals surface area contributed by atoms with Crippen molar-refractivity contribution in [3.05, 3.63) is 12.3 Å². The number of carbonyl (C=O) groups is 2. The van der Waals surface area contributed by atoms with Crippen LogP contribution in [0.25, 0.3) is 0 Å². The van der Waals surface area contributed by atoms with Gasteiger partial charge >= 0.3 is 6.09 Å². The number of rotatable bonds is 8. The van der Waals surface area contributed by atoms with Crippen molar-refractivity contribution in [2.45, 2.75) is 58.6 Å². The average molecular weight is 326 g/mol. The van der Waals surface area contributed by atoms with Gasteiger partial charge in [0, 0.05) is 6.07 Å². The lowest BCUT2D eigenvalue weighted by atomic mass is 9.89. The fourth-order valence-corrected chi connectivity index (χ4v) is 2.20. The summed E-state index contributed by atoms with van der Waals surface area (Å²) in [6.07, 6.45) is 1.72. The summed E-state index contributed by atoms with van der Waals surface area (Å²) in [6, 6.07) is 0.684. The highest BCUT2D eigenvalue weighted by molar-refractivity contribution is 5.93. The molecule has 0 aliphatic rings. The summed E-state index contributed by atoms with van der Waals surface area (Å²) in [4.78, 5) is 22.9. The molecule has 8 nitrogen and oxygen atoms in total. The topological polar surface area (TPSA) is 127 Å². The van der Waals surface area contributed by atoms with Gasteiger partial charge in [0.2, 0.25) is 0 Å². The van der Waals surface area contributed by atoms with Crippen LogP contribution < -0.4 is 10.6 Å². The lowest BCUT2D eigenvalue weighted by Crippen LogP contribution is -2.48. The van der Waals surface area contributed by atoms with Crippen LogP contribution in [0, 0.1) is 5.41 Å². The molecule has 0 aromatic carbocycles. The van der Waals surface area contributed by atoms with Crippen LogP contribution >= 0.6 is 0 Å². The predicted octanol–water partition coefficient (Wildman–Crippen LogP) is 1.95. The van der Waals surface area contributed by atoms with Crippen LogP contribution in [-0.4, -0.2) is 44.6 Å². The number of nitrogens with zero attached hydrogens (tertiary/aromatic N) is 1. The maximum absolute atomic E-state index is 12.0. The van der Waals surface area contributed by atoms with Crippen molar-refractivity contribution in [2.75, 3.05) is 5.32 Å². The smallest absolute Gasteiger partial charge is 0.404 e. The van der Waals surface area contributed by atoms with Gasteiger partial charge < -0.3 is 20.8 Å². The summed E-state index contributed by atoms with van der Waals surface area (Å²) >= 11 is 0. The molecule has 1 aromatic rings. The van der Waals surface area contributed by atoms with E-state index in [9.17, 15) is 14.7 Å². The fraction of sp³-hybridized carbons (Fsp3) is 0.667. The predicted molar refractivity (Wildman–Crippen MR) is 86.1 cm³/mol. The number of aromatic amines is 1. The molecule has 23 heavy (non-hydrogen) atoms. The van der Waals surface area contributed by atoms with Gasteiger partial charge in [0.25, 0.3) is 5.91 Å². The molecule has 0 radical (unpaired) electrons. The Morgan fingerprint density at radius 3 is 2.57 bits per heavy atom. The number of unbranched alkanes of at least 4 members (excludes halogenated alkanes) is 1. The third-order valence-electron chi connectivity index (χ3n) is 3.41. The van der Waals surface area contributed by atoms with E-state index in [0.717, 1.165) is 19.3 Å². The highest BCUT2D eigenvalue weighted by Gasteiger charge is 2.27. The normalized spacial score (nSPS) is 14.1. The van der Waals surface area contributed by atoms with Crippen LogP contribution in [0.15, 0.2) is 12.3 Å². The van der Waals surface area contributed by atoms with Crippen LogP contribution in [0.4, 0.5) is 10.6 Å². The Bertz CT molecular complexity index is 496. The van der Waals surface area contributed by atoms with E-state index in [1.807, 2.05) is 0 Å². The van der Waals surface area contributed by atoms with Crippen LogP contribution in [0.3, 0.4) is 0 Å². The monoisotopic (exact) mass is 326 g/mol. The van der Waals surface area contributed by atoms with Gasteiger partial charge in [0.1, 0.15) is 5.82 Å². The Hall–Kier alpha value is -2.09. The summed E-state index contributed by atoms with van der Waals surface area (Å²) < 4.78 is 0. The van der Waals surface area contributed by atoms with E-state index in [0.29, 0.717) is 12.2 Å². The number of aliphatic hydroxyl groups is 1. The second-order valence-corrected chi connectivity index (χ2v) is 6.77. The van der Waals surface area contributed by atoms with E-state index in [1.165, 1.54) is 12.3 Å². The molecular formula is C15H26N4O4. The molecule has 0 fully saturated rings. The molecule has 0 saturated heterocycles. The lowest BCUT2D eigenvalue weighted by molar-refractivity contribution is -0.125. The van der Waals surface area contributed by atoms with E-state index in [2.05, 4.69) is 41.6 Å². The number of aromatic nitrogens is 2. The highest BCUT2D eigenvalue weighted by atomic mass is 16.4. The zero-order valence-corrected chi connectivity index (χ0v) is 13.8. The maximum Gasteiger partial charge on any atom is 0.404 e. The van der Waals surface area contributed by atoms with Gasteiger partial charge in [-0.05, 0) is 18.3 Å². The van der Waals surface area contributed by atoms with Crippen molar-refractivity contribution in [1.82, 2.24) is 15.5 Å². The van der Waals surface area contributed by atoms with Crippen molar-refractivity contribution >= 4 is 17.8 Å². The second kappa shape index (κ2) is 8.52. The van der Waals surface area contributed by atoms with E-state index in [-0.39, 0.29) is 5.41 Å². The Balaban J connectivity index is 2.54. The molecule has 1 unspecified atom stereocenters. The number of carboxylic acid groups (broad SMARTS) is 1. The van der Waals surface area contributed by atoms with Crippen molar-refractivity contribution in [3.63, 3.8) is 0 Å². The molecule has 2 amide bonds. The van der Waals surface area contributed by atoms with Crippen LogP contribution in [0.2, 0.25) is 0 Å². The molecule has 5 N–H and O–H groups in total.